The van der Waals surface area contributed by atoms with Crippen molar-refractivity contribution in [3.05, 3.63) is 40.0 Å². The van der Waals surface area contributed by atoms with Crippen LogP contribution in [-0.4, -0.2) is 53.7 Å². The highest BCUT2D eigenvalue weighted by atomic mass is 35.5. The van der Waals surface area contributed by atoms with Crippen LogP contribution in [0.5, 0.6) is 5.75 Å². The van der Waals surface area contributed by atoms with Crippen molar-refractivity contribution in [3.8, 4) is 5.75 Å². The van der Waals surface area contributed by atoms with Gasteiger partial charge in [-0.2, -0.15) is 4.98 Å². The SMILES string of the molecule is CCOc1cc(CN2CCC(Nc3nc(Cl)cc(N4CCC4)n3)CC2)ccc1Cl. The first-order valence-corrected chi connectivity index (χ1v) is 11.1. The molecule has 2 saturated heterocycles. The summed E-state index contributed by atoms with van der Waals surface area (Å²) in [5.41, 5.74) is 1.22. The fourth-order valence-electron chi connectivity index (χ4n) is 3.77. The van der Waals surface area contributed by atoms with Crippen LogP contribution in [-0.2, 0) is 6.54 Å². The number of ether oxygens (including phenoxy) is 1. The van der Waals surface area contributed by atoms with Gasteiger partial charge in [-0.15, -0.1) is 0 Å². The highest BCUT2D eigenvalue weighted by Crippen LogP contribution is 2.27. The van der Waals surface area contributed by atoms with Gasteiger partial charge in [0.05, 0.1) is 11.6 Å². The van der Waals surface area contributed by atoms with Crippen LogP contribution < -0.4 is 15.0 Å². The van der Waals surface area contributed by atoms with E-state index in [0.29, 0.717) is 28.8 Å². The Kier molecular flexibility index (Phi) is 6.63. The van der Waals surface area contributed by atoms with Crippen molar-refractivity contribution in [2.24, 2.45) is 0 Å². The van der Waals surface area contributed by atoms with Gasteiger partial charge in [-0.25, -0.2) is 4.98 Å². The fourth-order valence-corrected chi connectivity index (χ4v) is 4.12. The number of likely N-dealkylation sites (tertiary alicyclic amines) is 1. The summed E-state index contributed by atoms with van der Waals surface area (Å²) >= 11 is 12.4. The molecule has 2 aliphatic heterocycles. The number of nitrogens with zero attached hydrogens (tertiary/aromatic N) is 4. The number of anilines is 2. The molecule has 1 aromatic heterocycles. The summed E-state index contributed by atoms with van der Waals surface area (Å²) in [7, 11) is 0. The van der Waals surface area contributed by atoms with Crippen LogP contribution in [0.3, 0.4) is 0 Å². The number of aromatic nitrogens is 2. The standard InChI is InChI=1S/C21H27Cl2N5O/c1-2-29-18-12-15(4-5-17(18)22)14-27-10-6-16(7-11-27)24-21-25-19(23)13-20(26-21)28-8-3-9-28/h4-5,12-13,16H,2-3,6-11,14H2,1H3,(H,24,25,26). The number of nitrogens with one attached hydrogen (secondary N) is 1. The highest BCUT2D eigenvalue weighted by molar-refractivity contribution is 6.32. The van der Waals surface area contributed by atoms with Crippen molar-refractivity contribution >= 4 is 35.0 Å². The molecule has 0 bridgehead atoms. The van der Waals surface area contributed by atoms with Gasteiger partial charge in [-0.3, -0.25) is 4.90 Å². The lowest BCUT2D eigenvalue weighted by molar-refractivity contribution is 0.210. The van der Waals surface area contributed by atoms with E-state index in [1.54, 1.807) is 0 Å². The molecule has 0 radical (unpaired) electrons. The normalized spacial score (nSPS) is 17.8. The third kappa shape index (κ3) is 5.24. The van der Waals surface area contributed by atoms with Gasteiger partial charge >= 0.3 is 0 Å². The van der Waals surface area contributed by atoms with Crippen molar-refractivity contribution in [1.29, 1.82) is 0 Å². The minimum Gasteiger partial charge on any atom is -0.492 e. The molecule has 29 heavy (non-hydrogen) atoms. The number of hydrogen-bond donors (Lipinski definition) is 1. The number of hydrogen-bond acceptors (Lipinski definition) is 6. The van der Waals surface area contributed by atoms with E-state index in [1.807, 2.05) is 25.1 Å². The van der Waals surface area contributed by atoms with E-state index in [-0.39, 0.29) is 0 Å². The van der Waals surface area contributed by atoms with E-state index in [1.165, 1.54) is 12.0 Å². The molecule has 1 N–H and O–H groups in total. The van der Waals surface area contributed by atoms with Gasteiger partial charge in [0.15, 0.2) is 0 Å². The third-order valence-corrected chi connectivity index (χ3v) is 5.99. The summed E-state index contributed by atoms with van der Waals surface area (Å²) in [5.74, 6) is 2.32. The van der Waals surface area contributed by atoms with E-state index in [2.05, 4.69) is 31.2 Å². The zero-order chi connectivity index (χ0) is 20.2. The van der Waals surface area contributed by atoms with Crippen LogP contribution in [0.1, 0.15) is 31.7 Å². The topological polar surface area (TPSA) is 53.5 Å². The molecule has 0 saturated carbocycles. The second kappa shape index (κ2) is 9.37. The van der Waals surface area contributed by atoms with E-state index in [9.17, 15) is 0 Å². The molecule has 156 valence electrons. The molecule has 0 amide bonds. The van der Waals surface area contributed by atoms with Gasteiger partial charge in [0.25, 0.3) is 0 Å². The summed E-state index contributed by atoms with van der Waals surface area (Å²) in [5, 5.41) is 4.64. The van der Waals surface area contributed by atoms with E-state index < -0.39 is 0 Å². The van der Waals surface area contributed by atoms with Crippen molar-refractivity contribution < 1.29 is 4.74 Å². The predicted molar refractivity (Wildman–Crippen MR) is 118 cm³/mol. The molecule has 1 aromatic carbocycles. The predicted octanol–water partition coefficient (Wildman–Crippen LogP) is 4.47. The van der Waals surface area contributed by atoms with Gasteiger partial charge in [0.1, 0.15) is 16.7 Å². The summed E-state index contributed by atoms with van der Waals surface area (Å²) in [6, 6.07) is 8.25. The van der Waals surface area contributed by atoms with Crippen LogP contribution in [0, 0.1) is 0 Å². The summed E-state index contributed by atoms with van der Waals surface area (Å²) in [6.07, 6.45) is 3.30. The second-order valence-corrected chi connectivity index (χ2v) is 8.40. The Morgan fingerprint density at radius 3 is 2.59 bits per heavy atom. The first kappa shape index (κ1) is 20.5. The molecular weight excluding hydrogens is 409 g/mol. The zero-order valence-electron chi connectivity index (χ0n) is 16.7. The molecule has 2 aromatic rings. The molecule has 2 aliphatic rings. The van der Waals surface area contributed by atoms with E-state index in [0.717, 1.165) is 57.1 Å². The number of benzene rings is 1. The number of piperidine rings is 1. The third-order valence-electron chi connectivity index (χ3n) is 5.48. The second-order valence-electron chi connectivity index (χ2n) is 7.61. The number of halogens is 2. The van der Waals surface area contributed by atoms with Gasteiger partial charge in [-0.05, 0) is 43.9 Å². The summed E-state index contributed by atoms with van der Waals surface area (Å²) in [6.45, 7) is 7.61. The molecule has 3 heterocycles. The lowest BCUT2D eigenvalue weighted by Crippen LogP contribution is -2.39. The summed E-state index contributed by atoms with van der Waals surface area (Å²) in [4.78, 5) is 13.7. The van der Waals surface area contributed by atoms with E-state index >= 15 is 0 Å². The minimum absolute atomic E-state index is 0.359. The largest absolute Gasteiger partial charge is 0.492 e. The van der Waals surface area contributed by atoms with Crippen LogP contribution in [0.15, 0.2) is 24.3 Å². The average molecular weight is 436 g/mol. The maximum Gasteiger partial charge on any atom is 0.226 e. The smallest absolute Gasteiger partial charge is 0.226 e. The van der Waals surface area contributed by atoms with Crippen molar-refractivity contribution in [2.75, 3.05) is 43.0 Å². The molecule has 0 unspecified atom stereocenters. The van der Waals surface area contributed by atoms with Crippen LogP contribution in [0.25, 0.3) is 0 Å². The molecule has 2 fully saturated rings. The quantitative estimate of drug-likeness (QED) is 0.647. The molecule has 8 heteroatoms. The van der Waals surface area contributed by atoms with Crippen molar-refractivity contribution in [2.45, 2.75) is 38.8 Å². The summed E-state index contributed by atoms with van der Waals surface area (Å²) < 4.78 is 5.61. The molecule has 0 aliphatic carbocycles. The van der Waals surface area contributed by atoms with Gasteiger partial charge in [0.2, 0.25) is 5.95 Å². The van der Waals surface area contributed by atoms with Crippen molar-refractivity contribution in [1.82, 2.24) is 14.9 Å². The van der Waals surface area contributed by atoms with Gasteiger partial charge < -0.3 is 15.0 Å². The molecular formula is C21H27Cl2N5O. The maximum absolute atomic E-state index is 6.21. The Morgan fingerprint density at radius 2 is 1.90 bits per heavy atom. The number of rotatable bonds is 7. The Labute approximate surface area is 182 Å². The lowest BCUT2D eigenvalue weighted by Gasteiger charge is -2.34. The Bertz CT molecular complexity index is 838. The molecule has 0 spiro atoms. The fraction of sp³-hybridized carbons (Fsp3) is 0.524. The monoisotopic (exact) mass is 435 g/mol. The maximum atomic E-state index is 6.21. The molecule has 0 atom stereocenters. The van der Waals surface area contributed by atoms with Crippen LogP contribution in [0.4, 0.5) is 11.8 Å². The van der Waals surface area contributed by atoms with Gasteiger partial charge in [0, 0.05) is 44.8 Å². The lowest BCUT2D eigenvalue weighted by atomic mass is 10.0. The van der Waals surface area contributed by atoms with Gasteiger partial charge in [-0.1, -0.05) is 29.3 Å². The van der Waals surface area contributed by atoms with E-state index in [4.69, 9.17) is 27.9 Å². The minimum atomic E-state index is 0.359. The molecule has 4 rings (SSSR count). The van der Waals surface area contributed by atoms with Crippen LogP contribution >= 0.6 is 23.2 Å². The average Bonchev–Trinajstić information content (AvgIpc) is 2.64. The Balaban J connectivity index is 1.31. The van der Waals surface area contributed by atoms with Crippen molar-refractivity contribution in [3.63, 3.8) is 0 Å². The zero-order valence-corrected chi connectivity index (χ0v) is 18.2. The Hall–Kier alpha value is -1.76. The highest BCUT2D eigenvalue weighted by Gasteiger charge is 2.22. The Morgan fingerprint density at radius 1 is 1.10 bits per heavy atom. The van der Waals surface area contributed by atoms with Crippen LogP contribution in [0.2, 0.25) is 10.2 Å². The first-order valence-electron chi connectivity index (χ1n) is 10.3. The first-order chi connectivity index (χ1) is 14.1. The molecule has 6 nitrogen and oxygen atoms in total.